The molecule has 0 unspecified atom stereocenters. The average Bonchev–Trinajstić information content (AvgIpc) is 2.89. The molecule has 7 heteroatoms. The molecular weight excluding hydrogens is 343 g/mol. The van der Waals surface area contributed by atoms with Crippen molar-refractivity contribution in [3.63, 3.8) is 0 Å². The molecule has 2 aromatic rings. The van der Waals surface area contributed by atoms with Crippen molar-refractivity contribution in [1.29, 1.82) is 0 Å². The first kappa shape index (κ1) is 17.2. The van der Waals surface area contributed by atoms with Crippen LogP contribution in [0.15, 0.2) is 54.6 Å². The molecule has 128 valence electrons. The van der Waals surface area contributed by atoms with Crippen molar-refractivity contribution in [3.05, 3.63) is 60.4 Å². The lowest BCUT2D eigenvalue weighted by Gasteiger charge is -2.14. The molecule has 2 aromatic carbocycles. The van der Waals surface area contributed by atoms with Crippen LogP contribution in [0.3, 0.4) is 0 Å². The molecule has 3 amide bonds. The predicted molar refractivity (Wildman–Crippen MR) is 94.8 cm³/mol. The summed E-state index contributed by atoms with van der Waals surface area (Å²) in [5.41, 5.74) is 0.615. The van der Waals surface area contributed by atoms with Gasteiger partial charge < -0.3 is 5.32 Å². The number of nitrogens with one attached hydrogen (secondary N) is 1. The van der Waals surface area contributed by atoms with Gasteiger partial charge in [0.1, 0.15) is 5.82 Å². The van der Waals surface area contributed by atoms with Crippen molar-refractivity contribution in [3.8, 4) is 0 Å². The quantitative estimate of drug-likeness (QED) is 0.835. The van der Waals surface area contributed by atoms with Crippen LogP contribution in [0.25, 0.3) is 0 Å². The number of nitrogens with zero attached hydrogens (tertiary/aromatic N) is 1. The monoisotopic (exact) mass is 358 g/mol. The van der Waals surface area contributed by atoms with Crippen molar-refractivity contribution in [1.82, 2.24) is 0 Å². The van der Waals surface area contributed by atoms with Gasteiger partial charge in [-0.05, 0) is 24.3 Å². The molecule has 1 aliphatic rings. The third-order valence-electron chi connectivity index (χ3n) is 3.68. The summed E-state index contributed by atoms with van der Waals surface area (Å²) in [6.45, 7) is 0. The van der Waals surface area contributed by atoms with Crippen molar-refractivity contribution in [2.75, 3.05) is 16.0 Å². The first-order chi connectivity index (χ1) is 12.1. The van der Waals surface area contributed by atoms with Crippen molar-refractivity contribution in [2.45, 2.75) is 11.7 Å². The summed E-state index contributed by atoms with van der Waals surface area (Å²) >= 11 is 1.08. The van der Waals surface area contributed by atoms with Crippen LogP contribution in [0, 0.1) is 5.82 Å². The number of hydrogen-bond donors (Lipinski definition) is 1. The minimum Gasteiger partial charge on any atom is -0.323 e. The highest BCUT2D eigenvalue weighted by atomic mass is 32.2. The van der Waals surface area contributed by atoms with E-state index in [4.69, 9.17) is 0 Å². The number of para-hydroxylation sites is 2. The van der Waals surface area contributed by atoms with Gasteiger partial charge in [0.15, 0.2) is 0 Å². The highest BCUT2D eigenvalue weighted by Gasteiger charge is 2.39. The second kappa shape index (κ2) is 7.48. The second-order valence-corrected chi connectivity index (χ2v) is 6.63. The van der Waals surface area contributed by atoms with Gasteiger partial charge in [-0.15, -0.1) is 11.8 Å². The molecule has 1 fully saturated rings. The number of rotatable bonds is 5. The molecule has 25 heavy (non-hydrogen) atoms. The molecular formula is C18H15FN2O3S. The van der Waals surface area contributed by atoms with E-state index in [1.807, 2.05) is 0 Å². The van der Waals surface area contributed by atoms with E-state index >= 15 is 0 Å². The summed E-state index contributed by atoms with van der Waals surface area (Å²) in [5.74, 6) is -1.61. The Bertz CT molecular complexity index is 813. The molecule has 0 aromatic heterocycles. The lowest BCUT2D eigenvalue weighted by atomic mass is 10.3. The summed E-state index contributed by atoms with van der Waals surface area (Å²) in [6, 6.07) is 14.5. The van der Waals surface area contributed by atoms with Crippen molar-refractivity contribution in [2.24, 2.45) is 0 Å². The number of carbonyl (C=O) groups is 3. The standard InChI is InChI=1S/C18H15FN2O3S/c19-13-8-4-5-9-14(13)20-16(22)11-25-15-10-17(23)21(18(15)24)12-6-2-1-3-7-12/h1-9,15H,10-11H2,(H,20,22)/t15-/m0/s1. The van der Waals surface area contributed by atoms with Gasteiger partial charge in [0.05, 0.1) is 22.4 Å². The average molecular weight is 358 g/mol. The maximum absolute atomic E-state index is 13.5. The van der Waals surface area contributed by atoms with Gasteiger partial charge in [-0.1, -0.05) is 30.3 Å². The summed E-state index contributed by atoms with van der Waals surface area (Å²) in [7, 11) is 0. The fourth-order valence-corrected chi connectivity index (χ4v) is 3.44. The van der Waals surface area contributed by atoms with Crippen LogP contribution in [0.1, 0.15) is 6.42 Å². The number of benzene rings is 2. The number of hydrogen-bond acceptors (Lipinski definition) is 4. The minimum atomic E-state index is -0.612. The number of imide groups is 1. The lowest BCUT2D eigenvalue weighted by molar-refractivity contribution is -0.121. The van der Waals surface area contributed by atoms with Crippen molar-refractivity contribution < 1.29 is 18.8 Å². The molecule has 1 saturated heterocycles. The second-order valence-electron chi connectivity index (χ2n) is 5.43. The molecule has 3 rings (SSSR count). The Morgan fingerprint density at radius 1 is 1.12 bits per heavy atom. The van der Waals surface area contributed by atoms with Gasteiger partial charge in [-0.25, -0.2) is 9.29 Å². The maximum Gasteiger partial charge on any atom is 0.247 e. The van der Waals surface area contributed by atoms with Gasteiger partial charge in [-0.3, -0.25) is 14.4 Å². The maximum atomic E-state index is 13.5. The molecule has 0 aliphatic carbocycles. The Hall–Kier alpha value is -2.67. The number of halogens is 1. The fraction of sp³-hybridized carbons (Fsp3) is 0.167. The summed E-state index contributed by atoms with van der Waals surface area (Å²) < 4.78 is 13.5. The largest absolute Gasteiger partial charge is 0.323 e. The lowest BCUT2D eigenvalue weighted by Crippen LogP contribution is -2.31. The summed E-state index contributed by atoms with van der Waals surface area (Å²) in [4.78, 5) is 37.6. The Morgan fingerprint density at radius 2 is 1.80 bits per heavy atom. The fourth-order valence-electron chi connectivity index (χ4n) is 2.51. The van der Waals surface area contributed by atoms with Gasteiger partial charge in [0, 0.05) is 6.42 Å². The first-order valence-corrected chi connectivity index (χ1v) is 8.69. The smallest absolute Gasteiger partial charge is 0.247 e. The summed E-state index contributed by atoms with van der Waals surface area (Å²) in [6.07, 6.45) is 0.0470. The van der Waals surface area contributed by atoms with Crippen LogP contribution in [-0.4, -0.2) is 28.7 Å². The van der Waals surface area contributed by atoms with E-state index in [1.54, 1.807) is 36.4 Å². The van der Waals surface area contributed by atoms with E-state index in [-0.39, 0.29) is 29.7 Å². The summed E-state index contributed by atoms with van der Waals surface area (Å²) in [5, 5.41) is 1.85. The molecule has 5 nitrogen and oxygen atoms in total. The van der Waals surface area contributed by atoms with Gasteiger partial charge >= 0.3 is 0 Å². The van der Waals surface area contributed by atoms with E-state index in [2.05, 4.69) is 5.32 Å². The number of carbonyl (C=O) groups excluding carboxylic acids is 3. The van der Waals surface area contributed by atoms with E-state index in [0.29, 0.717) is 5.69 Å². The Labute approximate surface area is 148 Å². The Morgan fingerprint density at radius 3 is 2.52 bits per heavy atom. The molecule has 1 heterocycles. The number of anilines is 2. The topological polar surface area (TPSA) is 66.5 Å². The van der Waals surface area contributed by atoms with E-state index in [0.717, 1.165) is 16.7 Å². The van der Waals surface area contributed by atoms with E-state index in [1.165, 1.54) is 18.2 Å². The third kappa shape index (κ3) is 3.88. The molecule has 0 bridgehead atoms. The normalized spacial score (nSPS) is 17.0. The van der Waals surface area contributed by atoms with E-state index in [9.17, 15) is 18.8 Å². The zero-order chi connectivity index (χ0) is 17.8. The van der Waals surface area contributed by atoms with Crippen LogP contribution in [-0.2, 0) is 14.4 Å². The molecule has 1 aliphatic heterocycles. The highest BCUT2D eigenvalue weighted by molar-refractivity contribution is 8.01. The van der Waals surface area contributed by atoms with Crippen LogP contribution in [0.4, 0.5) is 15.8 Å². The van der Waals surface area contributed by atoms with Crippen LogP contribution < -0.4 is 10.2 Å². The van der Waals surface area contributed by atoms with Gasteiger partial charge in [0.2, 0.25) is 17.7 Å². The SMILES string of the molecule is O=C(CS[C@H]1CC(=O)N(c2ccccc2)C1=O)Nc1ccccc1F. The Kier molecular flexibility index (Phi) is 5.14. The first-order valence-electron chi connectivity index (χ1n) is 7.64. The third-order valence-corrected chi connectivity index (χ3v) is 4.88. The highest BCUT2D eigenvalue weighted by Crippen LogP contribution is 2.29. The number of thioether (sulfide) groups is 1. The van der Waals surface area contributed by atoms with Gasteiger partial charge in [0.25, 0.3) is 0 Å². The van der Waals surface area contributed by atoms with Crippen LogP contribution >= 0.6 is 11.8 Å². The molecule has 0 spiro atoms. The van der Waals surface area contributed by atoms with Crippen molar-refractivity contribution >= 4 is 40.9 Å². The van der Waals surface area contributed by atoms with Crippen LogP contribution in [0.5, 0.6) is 0 Å². The van der Waals surface area contributed by atoms with Crippen LogP contribution in [0.2, 0.25) is 0 Å². The molecule has 0 radical (unpaired) electrons. The van der Waals surface area contributed by atoms with E-state index < -0.39 is 17.0 Å². The molecule has 1 atom stereocenters. The zero-order valence-electron chi connectivity index (χ0n) is 13.1. The Balaban J connectivity index is 1.59. The van der Waals surface area contributed by atoms with Gasteiger partial charge in [-0.2, -0.15) is 0 Å². The predicted octanol–water partition coefficient (Wildman–Crippen LogP) is 2.83. The zero-order valence-corrected chi connectivity index (χ0v) is 14.0. The molecule has 1 N–H and O–H groups in total. The minimum absolute atomic E-state index is 0.0410. The molecule has 0 saturated carbocycles. The number of amides is 3.